The Labute approximate surface area is 127 Å². The zero-order valence-corrected chi connectivity index (χ0v) is 14.3. The van der Waals surface area contributed by atoms with Crippen LogP contribution in [0.3, 0.4) is 0 Å². The molecule has 21 heavy (non-hydrogen) atoms. The summed E-state index contributed by atoms with van der Waals surface area (Å²) in [5.41, 5.74) is 7.26. The van der Waals surface area contributed by atoms with E-state index in [1.807, 2.05) is 27.7 Å². The van der Waals surface area contributed by atoms with Gasteiger partial charge < -0.3 is 10.5 Å². The number of ether oxygens (including phenoxy) is 1. The maximum Gasteiger partial charge on any atom is 0.240 e. The SMILES string of the molecule is COc1c(C)cc(S(=O)(=O)NC(CN)CC(C)C)cc1C. The molecule has 0 radical (unpaired) electrons. The predicted molar refractivity (Wildman–Crippen MR) is 85.1 cm³/mol. The van der Waals surface area contributed by atoms with E-state index >= 15 is 0 Å². The van der Waals surface area contributed by atoms with Gasteiger partial charge in [0, 0.05) is 12.6 Å². The molecule has 1 aromatic carbocycles. The Morgan fingerprint density at radius 1 is 1.24 bits per heavy atom. The molecule has 0 saturated carbocycles. The van der Waals surface area contributed by atoms with Crippen molar-refractivity contribution >= 4 is 10.0 Å². The zero-order valence-electron chi connectivity index (χ0n) is 13.4. The molecule has 0 spiro atoms. The fourth-order valence-electron chi connectivity index (χ4n) is 2.44. The molecule has 5 nitrogen and oxygen atoms in total. The second-order valence-electron chi connectivity index (χ2n) is 5.77. The van der Waals surface area contributed by atoms with Gasteiger partial charge in [0.2, 0.25) is 10.0 Å². The monoisotopic (exact) mass is 314 g/mol. The second-order valence-corrected chi connectivity index (χ2v) is 7.49. The average molecular weight is 314 g/mol. The van der Waals surface area contributed by atoms with Crippen LogP contribution in [0.5, 0.6) is 5.75 Å². The lowest BCUT2D eigenvalue weighted by Crippen LogP contribution is -2.41. The molecule has 0 amide bonds. The number of benzene rings is 1. The minimum atomic E-state index is -3.57. The third-order valence-corrected chi connectivity index (χ3v) is 4.81. The molecule has 1 unspecified atom stereocenters. The van der Waals surface area contributed by atoms with Crippen LogP contribution in [-0.4, -0.2) is 28.1 Å². The molecule has 1 rings (SSSR count). The highest BCUT2D eigenvalue weighted by Gasteiger charge is 2.21. The summed E-state index contributed by atoms with van der Waals surface area (Å²) in [5.74, 6) is 1.09. The second kappa shape index (κ2) is 7.24. The quantitative estimate of drug-likeness (QED) is 0.806. The van der Waals surface area contributed by atoms with E-state index < -0.39 is 10.0 Å². The highest BCUT2D eigenvalue weighted by atomic mass is 32.2. The van der Waals surface area contributed by atoms with Crippen molar-refractivity contribution in [3.05, 3.63) is 23.3 Å². The van der Waals surface area contributed by atoms with Crippen molar-refractivity contribution in [2.75, 3.05) is 13.7 Å². The van der Waals surface area contributed by atoms with Crippen molar-refractivity contribution < 1.29 is 13.2 Å². The normalized spacial score (nSPS) is 13.5. The first kappa shape index (κ1) is 17.9. The molecule has 0 fully saturated rings. The maximum atomic E-state index is 12.5. The molecule has 1 aromatic rings. The molecule has 0 bridgehead atoms. The summed E-state index contributed by atoms with van der Waals surface area (Å²) < 4.78 is 32.9. The molecule has 0 aliphatic carbocycles. The Balaban J connectivity index is 3.08. The number of sulfonamides is 1. The molecular formula is C15H26N2O3S. The lowest BCUT2D eigenvalue weighted by atomic mass is 10.1. The van der Waals surface area contributed by atoms with Gasteiger partial charge in [-0.2, -0.15) is 0 Å². The number of rotatable bonds is 7. The Kier molecular flexibility index (Phi) is 6.19. The Hall–Kier alpha value is -1.11. The number of hydrogen-bond donors (Lipinski definition) is 2. The van der Waals surface area contributed by atoms with Crippen LogP contribution in [0.4, 0.5) is 0 Å². The average Bonchev–Trinajstić information content (AvgIpc) is 2.36. The van der Waals surface area contributed by atoms with Gasteiger partial charge in [-0.1, -0.05) is 13.8 Å². The van der Waals surface area contributed by atoms with Crippen molar-refractivity contribution in [2.24, 2.45) is 11.7 Å². The van der Waals surface area contributed by atoms with Gasteiger partial charge in [-0.25, -0.2) is 13.1 Å². The molecule has 120 valence electrons. The van der Waals surface area contributed by atoms with E-state index in [-0.39, 0.29) is 17.5 Å². The van der Waals surface area contributed by atoms with Crippen molar-refractivity contribution in [3.63, 3.8) is 0 Å². The van der Waals surface area contributed by atoms with Gasteiger partial charge in [-0.15, -0.1) is 0 Å². The first-order valence-electron chi connectivity index (χ1n) is 7.09. The molecule has 0 aliphatic rings. The van der Waals surface area contributed by atoms with Crippen molar-refractivity contribution in [1.29, 1.82) is 0 Å². The topological polar surface area (TPSA) is 81.4 Å². The summed E-state index contributed by atoms with van der Waals surface area (Å²) >= 11 is 0. The number of nitrogens with two attached hydrogens (primary N) is 1. The molecule has 0 aliphatic heterocycles. The van der Waals surface area contributed by atoms with Gasteiger partial charge >= 0.3 is 0 Å². The van der Waals surface area contributed by atoms with Gasteiger partial charge in [-0.05, 0) is 49.4 Å². The minimum Gasteiger partial charge on any atom is -0.496 e. The van der Waals surface area contributed by atoms with E-state index in [1.165, 1.54) is 0 Å². The van der Waals surface area contributed by atoms with Gasteiger partial charge in [0.1, 0.15) is 5.75 Å². The van der Waals surface area contributed by atoms with Crippen molar-refractivity contribution in [3.8, 4) is 5.75 Å². The lowest BCUT2D eigenvalue weighted by Gasteiger charge is -2.19. The van der Waals surface area contributed by atoms with Gasteiger partial charge in [0.25, 0.3) is 0 Å². The molecule has 0 heterocycles. The molecule has 0 aromatic heterocycles. The third kappa shape index (κ3) is 4.69. The number of hydrogen-bond acceptors (Lipinski definition) is 4. The van der Waals surface area contributed by atoms with E-state index in [2.05, 4.69) is 4.72 Å². The van der Waals surface area contributed by atoms with Crippen molar-refractivity contribution in [2.45, 2.75) is 45.1 Å². The molecule has 1 atom stereocenters. The van der Waals surface area contributed by atoms with Crippen LogP contribution >= 0.6 is 0 Å². The molecule has 0 saturated heterocycles. The summed E-state index contributed by atoms with van der Waals surface area (Å²) in [6.45, 7) is 8.03. The van der Waals surface area contributed by atoms with E-state index in [1.54, 1.807) is 19.2 Å². The molecular weight excluding hydrogens is 288 g/mol. The zero-order chi connectivity index (χ0) is 16.2. The fourth-order valence-corrected chi connectivity index (χ4v) is 3.87. The summed E-state index contributed by atoms with van der Waals surface area (Å²) in [6.07, 6.45) is 0.712. The van der Waals surface area contributed by atoms with Gasteiger partial charge in [0.15, 0.2) is 0 Å². The highest BCUT2D eigenvalue weighted by Crippen LogP contribution is 2.26. The van der Waals surface area contributed by atoms with Crippen LogP contribution in [0.25, 0.3) is 0 Å². The largest absolute Gasteiger partial charge is 0.496 e. The minimum absolute atomic E-state index is 0.250. The first-order valence-corrected chi connectivity index (χ1v) is 8.57. The molecule has 3 N–H and O–H groups in total. The van der Waals surface area contributed by atoms with Crippen LogP contribution in [0.2, 0.25) is 0 Å². The first-order chi connectivity index (χ1) is 9.71. The van der Waals surface area contributed by atoms with E-state index in [0.717, 1.165) is 11.1 Å². The van der Waals surface area contributed by atoms with Gasteiger partial charge in [-0.3, -0.25) is 0 Å². The smallest absolute Gasteiger partial charge is 0.240 e. The Morgan fingerprint density at radius 3 is 2.14 bits per heavy atom. The van der Waals surface area contributed by atoms with Crippen LogP contribution in [-0.2, 0) is 10.0 Å². The maximum absolute atomic E-state index is 12.5. The summed E-state index contributed by atoms with van der Waals surface area (Å²) in [5, 5.41) is 0. The summed E-state index contributed by atoms with van der Waals surface area (Å²) in [7, 11) is -1.99. The number of aryl methyl sites for hydroxylation is 2. The number of methoxy groups -OCH3 is 1. The highest BCUT2D eigenvalue weighted by molar-refractivity contribution is 7.89. The van der Waals surface area contributed by atoms with Gasteiger partial charge in [0.05, 0.1) is 12.0 Å². The number of nitrogens with one attached hydrogen (secondary N) is 1. The predicted octanol–water partition coefficient (Wildman–Crippen LogP) is 1.96. The van der Waals surface area contributed by atoms with E-state index in [4.69, 9.17) is 10.5 Å². The van der Waals surface area contributed by atoms with E-state index in [9.17, 15) is 8.42 Å². The van der Waals surface area contributed by atoms with Crippen LogP contribution in [0.15, 0.2) is 17.0 Å². The summed E-state index contributed by atoms with van der Waals surface area (Å²) in [6, 6.07) is 2.99. The Bertz CT molecular complexity index is 560. The van der Waals surface area contributed by atoms with Crippen molar-refractivity contribution in [1.82, 2.24) is 4.72 Å². The fraction of sp³-hybridized carbons (Fsp3) is 0.600. The lowest BCUT2D eigenvalue weighted by molar-refractivity contribution is 0.408. The third-order valence-electron chi connectivity index (χ3n) is 3.31. The standard InChI is InChI=1S/C15H26N2O3S/c1-10(2)6-13(9-16)17-21(18,19)14-7-11(3)15(20-5)12(4)8-14/h7-8,10,13,17H,6,9,16H2,1-5H3. The summed E-state index contributed by atoms with van der Waals surface area (Å²) in [4.78, 5) is 0.250. The van der Waals surface area contributed by atoms with Crippen LogP contribution in [0.1, 0.15) is 31.4 Å². The van der Waals surface area contributed by atoms with E-state index in [0.29, 0.717) is 18.1 Å². The van der Waals surface area contributed by atoms with Crippen LogP contribution in [0, 0.1) is 19.8 Å². The Morgan fingerprint density at radius 2 is 1.76 bits per heavy atom. The van der Waals surface area contributed by atoms with Crippen LogP contribution < -0.4 is 15.2 Å². The molecule has 6 heteroatoms.